The number of halogens is 1. The molecule has 0 fully saturated rings. The third-order valence-electron chi connectivity index (χ3n) is 5.22. The van der Waals surface area contributed by atoms with Crippen molar-refractivity contribution < 1.29 is 18.1 Å². The summed E-state index contributed by atoms with van der Waals surface area (Å²) in [7, 11) is 1.62. The minimum atomic E-state index is -0.377. The van der Waals surface area contributed by atoms with Crippen LogP contribution >= 0.6 is 0 Å². The highest BCUT2D eigenvalue weighted by atomic mass is 19.1. The molecule has 0 saturated carbocycles. The van der Waals surface area contributed by atoms with Gasteiger partial charge in [0.25, 0.3) is 5.89 Å². The van der Waals surface area contributed by atoms with E-state index in [0.29, 0.717) is 29.5 Å². The summed E-state index contributed by atoms with van der Waals surface area (Å²) in [5.74, 6) is 2.06. The van der Waals surface area contributed by atoms with E-state index in [1.165, 1.54) is 12.1 Å². The van der Waals surface area contributed by atoms with E-state index in [-0.39, 0.29) is 17.5 Å². The van der Waals surface area contributed by atoms with Crippen LogP contribution < -0.4 is 4.74 Å². The van der Waals surface area contributed by atoms with Gasteiger partial charge in [-0.05, 0) is 50.2 Å². The Morgan fingerprint density at radius 3 is 2.58 bits per heavy atom. The molecular weight excluding hydrogens is 427 g/mol. The number of rotatable bonds is 6. The Labute approximate surface area is 187 Å². The van der Waals surface area contributed by atoms with Crippen molar-refractivity contribution in [3.05, 3.63) is 71.5 Å². The minimum Gasteiger partial charge on any atom is -0.497 e. The third-order valence-corrected chi connectivity index (χ3v) is 5.22. The molecule has 3 heterocycles. The average molecular weight is 446 g/mol. The number of benzene rings is 2. The number of aromatic nitrogens is 6. The highest BCUT2D eigenvalue weighted by Gasteiger charge is 2.20. The molecule has 0 bridgehead atoms. The van der Waals surface area contributed by atoms with Crippen molar-refractivity contribution in [2.24, 2.45) is 0 Å². The van der Waals surface area contributed by atoms with Crippen molar-refractivity contribution in [1.29, 1.82) is 0 Å². The second-order valence-electron chi connectivity index (χ2n) is 7.36. The van der Waals surface area contributed by atoms with Gasteiger partial charge < -0.3 is 13.7 Å². The normalized spacial score (nSPS) is 11.2. The third kappa shape index (κ3) is 3.98. The van der Waals surface area contributed by atoms with E-state index in [1.807, 2.05) is 38.1 Å². The van der Waals surface area contributed by atoms with Gasteiger partial charge in [-0.25, -0.2) is 14.1 Å². The molecule has 0 aliphatic heterocycles. The zero-order valence-electron chi connectivity index (χ0n) is 18.1. The summed E-state index contributed by atoms with van der Waals surface area (Å²) < 4.78 is 31.6. The first-order chi connectivity index (χ1) is 16.0. The number of hydrogen-bond donors (Lipinski definition) is 0. The van der Waals surface area contributed by atoms with Crippen LogP contribution in [0.25, 0.3) is 34.4 Å². The summed E-state index contributed by atoms with van der Waals surface area (Å²) in [4.78, 5) is 8.97. The first-order valence-corrected chi connectivity index (χ1v) is 10.1. The van der Waals surface area contributed by atoms with Gasteiger partial charge in [-0.3, -0.25) is 0 Å². The van der Waals surface area contributed by atoms with Gasteiger partial charge >= 0.3 is 0 Å². The summed E-state index contributed by atoms with van der Waals surface area (Å²) in [5.41, 5.74) is 3.25. The fourth-order valence-corrected chi connectivity index (χ4v) is 3.35. The Morgan fingerprint density at radius 2 is 1.82 bits per heavy atom. The Balaban J connectivity index is 1.38. The maximum atomic E-state index is 13.5. The summed E-state index contributed by atoms with van der Waals surface area (Å²) in [6, 6.07) is 13.5. The van der Waals surface area contributed by atoms with Crippen LogP contribution in [0.4, 0.5) is 4.39 Å². The van der Waals surface area contributed by atoms with Crippen LogP contribution in [-0.4, -0.2) is 37.2 Å². The molecule has 0 radical (unpaired) electrons. The number of ether oxygens (including phenoxy) is 1. The summed E-state index contributed by atoms with van der Waals surface area (Å²) in [6.45, 7) is 4.06. The molecule has 2 aromatic carbocycles. The monoisotopic (exact) mass is 446 g/mol. The highest BCUT2D eigenvalue weighted by molar-refractivity contribution is 5.58. The van der Waals surface area contributed by atoms with Crippen LogP contribution in [0, 0.1) is 19.7 Å². The fraction of sp³-hybridized carbons (Fsp3) is 0.174. The maximum absolute atomic E-state index is 13.5. The summed E-state index contributed by atoms with van der Waals surface area (Å²) in [6.07, 6.45) is 0. The number of hydrogen-bond acceptors (Lipinski definition) is 8. The minimum absolute atomic E-state index is 0.203. The van der Waals surface area contributed by atoms with Gasteiger partial charge in [-0.2, -0.15) is 4.98 Å². The molecule has 166 valence electrons. The first-order valence-electron chi connectivity index (χ1n) is 10.1. The smallest absolute Gasteiger partial charge is 0.280 e. The van der Waals surface area contributed by atoms with Crippen molar-refractivity contribution in [3.8, 4) is 40.2 Å². The summed E-state index contributed by atoms with van der Waals surface area (Å²) in [5, 5.41) is 12.3. The lowest BCUT2D eigenvalue weighted by atomic mass is 10.2. The molecule has 0 atom stereocenters. The Bertz CT molecular complexity index is 1420. The largest absolute Gasteiger partial charge is 0.497 e. The first kappa shape index (κ1) is 20.6. The van der Waals surface area contributed by atoms with Crippen LogP contribution in [-0.2, 0) is 6.54 Å². The lowest BCUT2D eigenvalue weighted by Crippen LogP contribution is -2.05. The van der Waals surface area contributed by atoms with E-state index >= 15 is 0 Å². The lowest BCUT2D eigenvalue weighted by Gasteiger charge is -2.00. The van der Waals surface area contributed by atoms with Crippen molar-refractivity contribution in [2.75, 3.05) is 7.11 Å². The van der Waals surface area contributed by atoms with Crippen LogP contribution in [0.1, 0.15) is 17.1 Å². The van der Waals surface area contributed by atoms with Gasteiger partial charge in [0.15, 0.2) is 5.69 Å². The Hall–Kier alpha value is -4.34. The Kier molecular flexibility index (Phi) is 5.17. The molecule has 0 amide bonds. The van der Waals surface area contributed by atoms with Crippen LogP contribution in [0.2, 0.25) is 0 Å². The van der Waals surface area contributed by atoms with Gasteiger partial charge in [-0.15, -0.1) is 5.10 Å². The molecule has 10 heteroatoms. The van der Waals surface area contributed by atoms with E-state index in [4.69, 9.17) is 13.7 Å². The van der Waals surface area contributed by atoms with Crippen LogP contribution in [0.5, 0.6) is 5.75 Å². The zero-order valence-corrected chi connectivity index (χ0v) is 18.1. The van der Waals surface area contributed by atoms with E-state index in [2.05, 4.69) is 25.4 Å². The van der Waals surface area contributed by atoms with E-state index in [9.17, 15) is 4.39 Å². The topological polar surface area (TPSA) is 105 Å². The molecular formula is C23H19FN6O3. The number of methoxy groups -OCH3 is 1. The molecule has 5 aromatic rings. The Morgan fingerprint density at radius 1 is 1.00 bits per heavy atom. The quantitative estimate of drug-likeness (QED) is 0.376. The van der Waals surface area contributed by atoms with Gasteiger partial charge in [0.1, 0.15) is 23.0 Å². The molecule has 33 heavy (non-hydrogen) atoms. The molecule has 0 aliphatic rings. The predicted octanol–water partition coefficient (Wildman–Crippen LogP) is 4.46. The fourth-order valence-electron chi connectivity index (χ4n) is 3.35. The molecule has 5 rings (SSSR count). The molecule has 0 unspecified atom stereocenters. The van der Waals surface area contributed by atoms with Gasteiger partial charge in [0, 0.05) is 11.1 Å². The average Bonchev–Trinajstić information content (AvgIpc) is 3.54. The SMILES string of the molecule is COc1ccc(-c2nc(Cn3nnc(-c4nc(-c5cccc(F)c5)no4)c3C)c(C)o2)cc1. The van der Waals surface area contributed by atoms with Gasteiger partial charge in [0.2, 0.25) is 11.7 Å². The second-order valence-corrected chi connectivity index (χ2v) is 7.36. The summed E-state index contributed by atoms with van der Waals surface area (Å²) >= 11 is 0. The van der Waals surface area contributed by atoms with E-state index < -0.39 is 0 Å². The molecule has 0 spiro atoms. The van der Waals surface area contributed by atoms with Crippen molar-refractivity contribution >= 4 is 0 Å². The molecule has 9 nitrogen and oxygen atoms in total. The molecule has 0 saturated heterocycles. The van der Waals surface area contributed by atoms with Gasteiger partial charge in [-0.1, -0.05) is 22.5 Å². The highest BCUT2D eigenvalue weighted by Crippen LogP contribution is 2.26. The van der Waals surface area contributed by atoms with Gasteiger partial charge in [0.05, 0.1) is 19.3 Å². The standard InChI is InChI=1S/C23H19FN6O3/c1-13-20(23-26-21(28-33-23)16-5-4-6-17(24)11-16)27-29-30(13)12-19-14(2)32-22(25-19)15-7-9-18(31-3)10-8-15/h4-11H,12H2,1-3H3. The molecule has 0 N–H and O–H groups in total. The van der Waals surface area contributed by atoms with E-state index in [0.717, 1.165) is 22.7 Å². The van der Waals surface area contributed by atoms with Crippen molar-refractivity contribution in [3.63, 3.8) is 0 Å². The number of nitrogens with zero attached hydrogens (tertiary/aromatic N) is 6. The number of aryl methyl sites for hydroxylation is 1. The molecule has 0 aliphatic carbocycles. The van der Waals surface area contributed by atoms with Crippen molar-refractivity contribution in [1.82, 2.24) is 30.1 Å². The second kappa shape index (κ2) is 8.30. The maximum Gasteiger partial charge on any atom is 0.280 e. The van der Waals surface area contributed by atoms with Crippen molar-refractivity contribution in [2.45, 2.75) is 20.4 Å². The lowest BCUT2D eigenvalue weighted by molar-refractivity contribution is 0.415. The zero-order chi connectivity index (χ0) is 22.9. The van der Waals surface area contributed by atoms with Crippen LogP contribution in [0.15, 0.2) is 57.5 Å². The number of oxazole rings is 1. The van der Waals surface area contributed by atoms with E-state index in [1.54, 1.807) is 23.9 Å². The molecule has 3 aromatic heterocycles. The van der Waals surface area contributed by atoms with Crippen LogP contribution in [0.3, 0.4) is 0 Å². The predicted molar refractivity (Wildman–Crippen MR) is 116 cm³/mol.